The first-order valence-electron chi connectivity index (χ1n) is 5.74. The minimum absolute atomic E-state index is 0.0299. The minimum atomic E-state index is -0.181. The first kappa shape index (κ1) is 12.5. The number of likely N-dealkylation sites (tertiary alicyclic amines) is 1. The van der Waals surface area contributed by atoms with E-state index in [4.69, 9.17) is 0 Å². The first-order valence-corrected chi connectivity index (χ1v) is 5.74. The smallest absolute Gasteiger partial charge is 0.216 e. The second-order valence-electron chi connectivity index (χ2n) is 4.47. The third-order valence-electron chi connectivity index (χ3n) is 3.03. The summed E-state index contributed by atoms with van der Waals surface area (Å²) in [6.07, 6.45) is 1.85. The normalized spacial score (nSPS) is 27.7. The topological polar surface area (TPSA) is 52.6 Å². The lowest BCUT2D eigenvalue weighted by Crippen LogP contribution is -2.43. The molecule has 1 saturated heterocycles. The van der Waals surface area contributed by atoms with Gasteiger partial charge in [0.15, 0.2) is 0 Å². The lowest BCUT2D eigenvalue weighted by atomic mass is 9.96. The summed E-state index contributed by atoms with van der Waals surface area (Å²) in [5, 5.41) is 12.5. The van der Waals surface area contributed by atoms with Crippen molar-refractivity contribution in [2.45, 2.75) is 32.8 Å². The number of piperidine rings is 1. The molecule has 0 bridgehead atoms. The first-order chi connectivity index (χ1) is 7.09. The Morgan fingerprint density at radius 2 is 2.33 bits per heavy atom. The second kappa shape index (κ2) is 6.08. The van der Waals surface area contributed by atoms with E-state index in [0.717, 1.165) is 39.0 Å². The highest BCUT2D eigenvalue weighted by atomic mass is 16.3. The standard InChI is InChI=1S/C11H22N2O2/c1-9-4-7-13(8-11(9)15)6-3-5-12-10(2)14/h9,11,15H,3-8H2,1-2H3,(H,12,14). The molecule has 1 fully saturated rings. The average Bonchev–Trinajstić information content (AvgIpc) is 2.18. The molecule has 0 spiro atoms. The summed E-state index contributed by atoms with van der Waals surface area (Å²) in [4.78, 5) is 12.9. The highest BCUT2D eigenvalue weighted by molar-refractivity contribution is 5.72. The Hall–Kier alpha value is -0.610. The van der Waals surface area contributed by atoms with Crippen LogP contribution in [0.4, 0.5) is 0 Å². The fourth-order valence-electron chi connectivity index (χ4n) is 1.88. The maximum Gasteiger partial charge on any atom is 0.216 e. The number of hydrogen-bond acceptors (Lipinski definition) is 3. The molecule has 1 aliphatic heterocycles. The van der Waals surface area contributed by atoms with Gasteiger partial charge in [-0.25, -0.2) is 0 Å². The Kier molecular flexibility index (Phi) is 5.05. The zero-order chi connectivity index (χ0) is 11.3. The van der Waals surface area contributed by atoms with Crippen molar-refractivity contribution in [3.05, 3.63) is 0 Å². The van der Waals surface area contributed by atoms with Gasteiger partial charge in [0.05, 0.1) is 6.10 Å². The highest BCUT2D eigenvalue weighted by Gasteiger charge is 2.23. The van der Waals surface area contributed by atoms with Gasteiger partial charge in [-0.2, -0.15) is 0 Å². The van der Waals surface area contributed by atoms with Gasteiger partial charge in [-0.3, -0.25) is 4.79 Å². The summed E-state index contributed by atoms with van der Waals surface area (Å²) in [5.41, 5.74) is 0. The van der Waals surface area contributed by atoms with Crippen molar-refractivity contribution < 1.29 is 9.90 Å². The van der Waals surface area contributed by atoms with Crippen molar-refractivity contribution in [1.82, 2.24) is 10.2 Å². The van der Waals surface area contributed by atoms with Gasteiger partial charge >= 0.3 is 0 Å². The van der Waals surface area contributed by atoms with Gasteiger partial charge in [0.2, 0.25) is 5.91 Å². The molecular weight excluding hydrogens is 192 g/mol. The van der Waals surface area contributed by atoms with Crippen LogP contribution in [0.1, 0.15) is 26.7 Å². The number of carbonyl (C=O) groups excluding carboxylic acids is 1. The number of aliphatic hydroxyl groups excluding tert-OH is 1. The Morgan fingerprint density at radius 3 is 2.93 bits per heavy atom. The number of rotatable bonds is 4. The summed E-state index contributed by atoms with van der Waals surface area (Å²) in [6.45, 7) is 7.17. The summed E-state index contributed by atoms with van der Waals surface area (Å²) in [7, 11) is 0. The number of carbonyl (C=O) groups is 1. The van der Waals surface area contributed by atoms with Gasteiger partial charge in [-0.05, 0) is 31.8 Å². The summed E-state index contributed by atoms with van der Waals surface area (Å²) < 4.78 is 0. The molecule has 15 heavy (non-hydrogen) atoms. The maximum absolute atomic E-state index is 10.6. The highest BCUT2D eigenvalue weighted by Crippen LogP contribution is 2.16. The van der Waals surface area contributed by atoms with Crippen LogP contribution in [-0.2, 0) is 4.79 Å². The molecule has 2 N–H and O–H groups in total. The summed E-state index contributed by atoms with van der Waals surface area (Å²) >= 11 is 0. The molecule has 0 aliphatic carbocycles. The summed E-state index contributed by atoms with van der Waals surface area (Å²) in [6, 6.07) is 0. The molecule has 2 unspecified atom stereocenters. The minimum Gasteiger partial charge on any atom is -0.392 e. The average molecular weight is 214 g/mol. The maximum atomic E-state index is 10.6. The zero-order valence-electron chi connectivity index (χ0n) is 9.70. The quantitative estimate of drug-likeness (QED) is 0.658. The number of amides is 1. The van der Waals surface area contributed by atoms with Crippen LogP contribution in [0.25, 0.3) is 0 Å². The predicted molar refractivity (Wildman–Crippen MR) is 59.5 cm³/mol. The third kappa shape index (κ3) is 4.62. The molecule has 1 rings (SSSR count). The molecule has 1 aliphatic rings. The number of β-amino-alcohol motifs (C(OH)–C–C–N with tert-alkyl or cyclic N) is 1. The lowest BCUT2D eigenvalue weighted by Gasteiger charge is -2.34. The van der Waals surface area contributed by atoms with Gasteiger partial charge in [0.1, 0.15) is 0 Å². The van der Waals surface area contributed by atoms with E-state index in [1.165, 1.54) is 6.92 Å². The molecule has 0 aromatic rings. The largest absolute Gasteiger partial charge is 0.392 e. The van der Waals surface area contributed by atoms with Crippen molar-refractivity contribution >= 4 is 5.91 Å². The molecule has 0 aromatic heterocycles. The molecule has 4 heteroatoms. The number of aliphatic hydroxyl groups is 1. The van der Waals surface area contributed by atoms with Gasteiger partial charge in [0.25, 0.3) is 0 Å². The summed E-state index contributed by atoms with van der Waals surface area (Å²) in [5.74, 6) is 0.457. The zero-order valence-corrected chi connectivity index (χ0v) is 9.70. The van der Waals surface area contributed by atoms with Crippen molar-refractivity contribution in [3.8, 4) is 0 Å². The van der Waals surface area contributed by atoms with Crippen molar-refractivity contribution in [3.63, 3.8) is 0 Å². The number of hydrogen-bond donors (Lipinski definition) is 2. The van der Waals surface area contributed by atoms with Crippen molar-refractivity contribution in [1.29, 1.82) is 0 Å². The van der Waals surface area contributed by atoms with Gasteiger partial charge in [0, 0.05) is 20.0 Å². The Morgan fingerprint density at radius 1 is 1.60 bits per heavy atom. The van der Waals surface area contributed by atoms with Crippen LogP contribution in [0.15, 0.2) is 0 Å². The van der Waals surface area contributed by atoms with Crippen LogP contribution in [0.2, 0.25) is 0 Å². The molecule has 2 atom stereocenters. The molecule has 1 amide bonds. The van der Waals surface area contributed by atoms with E-state index >= 15 is 0 Å². The van der Waals surface area contributed by atoms with Crippen LogP contribution in [0.3, 0.4) is 0 Å². The van der Waals surface area contributed by atoms with Gasteiger partial charge in [-0.1, -0.05) is 6.92 Å². The fraction of sp³-hybridized carbons (Fsp3) is 0.909. The van der Waals surface area contributed by atoms with Crippen LogP contribution >= 0.6 is 0 Å². The van der Waals surface area contributed by atoms with E-state index in [9.17, 15) is 9.90 Å². The second-order valence-corrected chi connectivity index (χ2v) is 4.47. The van der Waals surface area contributed by atoms with E-state index < -0.39 is 0 Å². The fourth-order valence-corrected chi connectivity index (χ4v) is 1.88. The van der Waals surface area contributed by atoms with Crippen LogP contribution in [0, 0.1) is 5.92 Å². The van der Waals surface area contributed by atoms with Crippen LogP contribution in [-0.4, -0.2) is 48.2 Å². The van der Waals surface area contributed by atoms with Gasteiger partial charge in [-0.15, -0.1) is 0 Å². The van der Waals surface area contributed by atoms with Crippen LogP contribution in [0.5, 0.6) is 0 Å². The van der Waals surface area contributed by atoms with Gasteiger partial charge < -0.3 is 15.3 Å². The van der Waals surface area contributed by atoms with Crippen molar-refractivity contribution in [2.75, 3.05) is 26.2 Å². The molecule has 1 heterocycles. The molecule has 0 aromatic carbocycles. The van der Waals surface area contributed by atoms with Crippen LogP contribution < -0.4 is 5.32 Å². The Balaban J connectivity index is 2.09. The van der Waals surface area contributed by atoms with E-state index in [-0.39, 0.29) is 12.0 Å². The SMILES string of the molecule is CC(=O)NCCCN1CCC(C)C(O)C1. The number of nitrogens with one attached hydrogen (secondary N) is 1. The monoisotopic (exact) mass is 214 g/mol. The van der Waals surface area contributed by atoms with E-state index in [0.29, 0.717) is 5.92 Å². The Labute approximate surface area is 91.6 Å². The van der Waals surface area contributed by atoms with E-state index in [2.05, 4.69) is 17.1 Å². The lowest BCUT2D eigenvalue weighted by molar-refractivity contribution is -0.118. The predicted octanol–water partition coefficient (Wildman–Crippen LogP) is 0.215. The molecule has 88 valence electrons. The molecule has 0 saturated carbocycles. The van der Waals surface area contributed by atoms with E-state index in [1.54, 1.807) is 0 Å². The molecule has 0 radical (unpaired) electrons. The Bertz CT molecular complexity index is 209. The number of nitrogens with zero attached hydrogens (tertiary/aromatic N) is 1. The third-order valence-corrected chi connectivity index (χ3v) is 3.03. The van der Waals surface area contributed by atoms with E-state index in [1.807, 2.05) is 0 Å². The molecule has 4 nitrogen and oxygen atoms in total. The van der Waals surface area contributed by atoms with Crippen molar-refractivity contribution in [2.24, 2.45) is 5.92 Å². The molecular formula is C11H22N2O2.